The largest absolute Gasteiger partial charge is 0.469 e. The Balaban J connectivity index is 2.88. The van der Waals surface area contributed by atoms with E-state index in [0.717, 1.165) is 5.69 Å². The quantitative estimate of drug-likeness (QED) is 0.768. The molecule has 0 aliphatic rings. The number of benzene rings is 1. The second kappa shape index (κ2) is 5.42. The summed E-state index contributed by atoms with van der Waals surface area (Å²) in [5.41, 5.74) is 3.11. The van der Waals surface area contributed by atoms with Crippen LogP contribution in [0.3, 0.4) is 0 Å². The number of anilines is 1. The molecule has 0 heterocycles. The van der Waals surface area contributed by atoms with E-state index in [0.29, 0.717) is 6.54 Å². The summed E-state index contributed by atoms with van der Waals surface area (Å²) in [5.74, 6) is -0.181. The van der Waals surface area contributed by atoms with Gasteiger partial charge in [-0.1, -0.05) is 17.7 Å². The first-order valence-electron chi connectivity index (χ1n) is 6.15. The maximum Gasteiger partial charge on any atom is 0.313 e. The lowest BCUT2D eigenvalue weighted by Gasteiger charge is -2.30. The van der Waals surface area contributed by atoms with Crippen LogP contribution in [0, 0.1) is 19.3 Å². The van der Waals surface area contributed by atoms with Gasteiger partial charge in [0.15, 0.2) is 0 Å². The van der Waals surface area contributed by atoms with Crippen molar-refractivity contribution in [2.45, 2.75) is 27.7 Å². The van der Waals surface area contributed by atoms with Crippen molar-refractivity contribution in [2.24, 2.45) is 5.41 Å². The zero-order chi connectivity index (χ0) is 13.9. The SMILES string of the molecule is COC(=O)C(C)(C)CN(C)c1ccc(C)cc1C. The molecular weight excluding hydrogens is 226 g/mol. The third-order valence-electron chi connectivity index (χ3n) is 3.13. The van der Waals surface area contributed by atoms with Gasteiger partial charge < -0.3 is 9.64 Å². The molecule has 3 heteroatoms. The minimum atomic E-state index is -0.513. The van der Waals surface area contributed by atoms with Crippen LogP contribution in [0.25, 0.3) is 0 Å². The Morgan fingerprint density at radius 1 is 1.33 bits per heavy atom. The second-order valence-corrected chi connectivity index (χ2v) is 5.52. The summed E-state index contributed by atoms with van der Waals surface area (Å²) in [6, 6.07) is 6.33. The van der Waals surface area contributed by atoms with Crippen LogP contribution in [0.4, 0.5) is 5.69 Å². The lowest BCUT2D eigenvalue weighted by Crippen LogP contribution is -2.38. The minimum absolute atomic E-state index is 0.181. The summed E-state index contributed by atoms with van der Waals surface area (Å²) in [6.45, 7) is 8.60. The first-order valence-corrected chi connectivity index (χ1v) is 6.15. The molecule has 0 aliphatic carbocycles. The van der Waals surface area contributed by atoms with E-state index >= 15 is 0 Å². The highest BCUT2D eigenvalue weighted by molar-refractivity contribution is 5.76. The van der Waals surface area contributed by atoms with Crippen molar-refractivity contribution in [1.82, 2.24) is 0 Å². The summed E-state index contributed by atoms with van der Waals surface area (Å²) >= 11 is 0. The maximum atomic E-state index is 11.7. The molecule has 1 aromatic rings. The number of aryl methyl sites for hydroxylation is 2. The summed E-state index contributed by atoms with van der Waals surface area (Å²) in [6.07, 6.45) is 0. The predicted octanol–water partition coefficient (Wildman–Crippen LogP) is 2.94. The van der Waals surface area contributed by atoms with E-state index in [9.17, 15) is 4.79 Å². The predicted molar refractivity (Wildman–Crippen MR) is 75.0 cm³/mol. The number of hydrogen-bond acceptors (Lipinski definition) is 3. The Morgan fingerprint density at radius 3 is 2.44 bits per heavy atom. The third kappa shape index (κ3) is 3.25. The highest BCUT2D eigenvalue weighted by atomic mass is 16.5. The van der Waals surface area contributed by atoms with Crippen LogP contribution in [0.1, 0.15) is 25.0 Å². The number of hydrogen-bond donors (Lipinski definition) is 0. The smallest absolute Gasteiger partial charge is 0.313 e. The zero-order valence-electron chi connectivity index (χ0n) is 12.2. The Kier molecular flexibility index (Phi) is 4.38. The molecule has 0 aromatic heterocycles. The average molecular weight is 249 g/mol. The molecular formula is C15H23NO2. The number of ether oxygens (including phenoxy) is 1. The fourth-order valence-electron chi connectivity index (χ4n) is 2.25. The molecule has 100 valence electrons. The summed E-state index contributed by atoms with van der Waals surface area (Å²) in [5, 5.41) is 0. The van der Waals surface area contributed by atoms with Crippen molar-refractivity contribution in [1.29, 1.82) is 0 Å². The third-order valence-corrected chi connectivity index (χ3v) is 3.13. The van der Waals surface area contributed by atoms with E-state index in [-0.39, 0.29) is 5.97 Å². The second-order valence-electron chi connectivity index (χ2n) is 5.52. The van der Waals surface area contributed by atoms with E-state index < -0.39 is 5.41 Å². The number of carbonyl (C=O) groups excluding carboxylic acids is 1. The molecule has 0 saturated carbocycles. The van der Waals surface area contributed by atoms with Gasteiger partial charge in [-0.25, -0.2) is 0 Å². The molecule has 0 fully saturated rings. The van der Waals surface area contributed by atoms with Crippen LogP contribution in [0.2, 0.25) is 0 Å². The Bertz CT molecular complexity index is 438. The lowest BCUT2D eigenvalue weighted by molar-refractivity contribution is -0.150. The summed E-state index contributed by atoms with van der Waals surface area (Å²) in [7, 11) is 3.43. The van der Waals surface area contributed by atoms with Crippen molar-refractivity contribution < 1.29 is 9.53 Å². The van der Waals surface area contributed by atoms with Crippen molar-refractivity contribution in [2.75, 3.05) is 25.6 Å². The van der Waals surface area contributed by atoms with Gasteiger partial charge >= 0.3 is 5.97 Å². The van der Waals surface area contributed by atoms with Crippen molar-refractivity contribution in [3.05, 3.63) is 29.3 Å². The monoisotopic (exact) mass is 249 g/mol. The molecule has 0 radical (unpaired) electrons. The van der Waals surface area contributed by atoms with E-state index in [1.165, 1.54) is 18.2 Å². The fourth-order valence-corrected chi connectivity index (χ4v) is 2.25. The van der Waals surface area contributed by atoms with E-state index in [1.807, 2.05) is 20.9 Å². The highest BCUT2D eigenvalue weighted by Crippen LogP contribution is 2.25. The molecule has 3 nitrogen and oxygen atoms in total. The van der Waals surface area contributed by atoms with Gasteiger partial charge in [0.05, 0.1) is 12.5 Å². The van der Waals surface area contributed by atoms with E-state index in [2.05, 4.69) is 36.9 Å². The van der Waals surface area contributed by atoms with Crippen LogP contribution < -0.4 is 4.90 Å². The van der Waals surface area contributed by atoms with Gasteiger partial charge in [-0.05, 0) is 39.3 Å². The van der Waals surface area contributed by atoms with Crippen molar-refractivity contribution in [3.63, 3.8) is 0 Å². The lowest BCUT2D eigenvalue weighted by atomic mass is 9.92. The molecule has 0 bridgehead atoms. The topological polar surface area (TPSA) is 29.5 Å². The Morgan fingerprint density at radius 2 is 1.94 bits per heavy atom. The molecule has 0 saturated heterocycles. The molecule has 0 atom stereocenters. The van der Waals surface area contributed by atoms with Crippen molar-refractivity contribution in [3.8, 4) is 0 Å². The Hall–Kier alpha value is -1.51. The van der Waals surface area contributed by atoms with Crippen LogP contribution in [-0.2, 0) is 9.53 Å². The molecule has 1 rings (SSSR count). The number of rotatable bonds is 4. The molecule has 0 spiro atoms. The molecule has 0 aliphatic heterocycles. The van der Waals surface area contributed by atoms with Gasteiger partial charge in [-0.2, -0.15) is 0 Å². The number of esters is 1. The first kappa shape index (κ1) is 14.6. The van der Waals surface area contributed by atoms with E-state index in [1.54, 1.807) is 0 Å². The van der Waals surface area contributed by atoms with Crippen LogP contribution in [-0.4, -0.2) is 26.7 Å². The molecule has 0 unspecified atom stereocenters. The molecule has 0 N–H and O–H groups in total. The number of methoxy groups -OCH3 is 1. The van der Waals surface area contributed by atoms with Crippen LogP contribution in [0.5, 0.6) is 0 Å². The standard InChI is InChI=1S/C15H23NO2/c1-11-7-8-13(12(2)9-11)16(5)10-15(3,4)14(17)18-6/h7-9H,10H2,1-6H3. The van der Waals surface area contributed by atoms with Crippen LogP contribution in [0.15, 0.2) is 18.2 Å². The van der Waals surface area contributed by atoms with Crippen LogP contribution >= 0.6 is 0 Å². The first-order chi connectivity index (χ1) is 8.27. The minimum Gasteiger partial charge on any atom is -0.469 e. The molecule has 18 heavy (non-hydrogen) atoms. The maximum absolute atomic E-state index is 11.7. The zero-order valence-corrected chi connectivity index (χ0v) is 12.2. The van der Waals surface area contributed by atoms with Gasteiger partial charge in [0.25, 0.3) is 0 Å². The number of nitrogens with zero attached hydrogens (tertiary/aromatic N) is 1. The van der Waals surface area contributed by atoms with Gasteiger partial charge in [0.2, 0.25) is 0 Å². The Labute approximate surface area is 110 Å². The number of carbonyl (C=O) groups is 1. The highest BCUT2D eigenvalue weighted by Gasteiger charge is 2.30. The van der Waals surface area contributed by atoms with Gasteiger partial charge in [-0.3, -0.25) is 4.79 Å². The fraction of sp³-hybridized carbons (Fsp3) is 0.533. The average Bonchev–Trinajstić information content (AvgIpc) is 2.26. The summed E-state index contributed by atoms with van der Waals surface area (Å²) in [4.78, 5) is 13.8. The van der Waals surface area contributed by atoms with Gasteiger partial charge in [0.1, 0.15) is 0 Å². The molecule has 0 amide bonds. The van der Waals surface area contributed by atoms with Crippen molar-refractivity contribution >= 4 is 11.7 Å². The normalized spacial score (nSPS) is 11.2. The molecule has 1 aromatic carbocycles. The van der Waals surface area contributed by atoms with Gasteiger partial charge in [0, 0.05) is 19.3 Å². The van der Waals surface area contributed by atoms with Gasteiger partial charge in [-0.15, -0.1) is 0 Å². The summed E-state index contributed by atoms with van der Waals surface area (Å²) < 4.78 is 4.84. The van der Waals surface area contributed by atoms with E-state index in [4.69, 9.17) is 4.74 Å².